The van der Waals surface area contributed by atoms with Crippen LogP contribution in [0.1, 0.15) is 46.9 Å². The number of ketones is 1. The van der Waals surface area contributed by atoms with E-state index in [0.717, 1.165) is 19.4 Å². The van der Waals surface area contributed by atoms with Crippen LogP contribution in [-0.2, 0) is 0 Å². The molecule has 1 aliphatic rings. The van der Waals surface area contributed by atoms with Crippen LogP contribution in [0.3, 0.4) is 0 Å². The molecular weight excluding hydrogens is 276 g/mol. The van der Waals surface area contributed by atoms with E-state index in [1.165, 1.54) is 0 Å². The van der Waals surface area contributed by atoms with Crippen LogP contribution in [-0.4, -0.2) is 35.7 Å². The highest BCUT2D eigenvalue weighted by molar-refractivity contribution is 5.98. The molecule has 0 bridgehead atoms. The molecule has 2 rings (SSSR count). The second-order valence-corrected chi connectivity index (χ2v) is 4.88. The normalized spacial score (nSPS) is 17.7. The standard InChI is InChI=1S/C15H20N2O2.ClH/c1-2-14(18)11-5-7-12(8-6-11)15(19)17-9-3-4-13(17)10-16;/h5-8,13H,2-4,9-10,16H2,1H3;1H. The van der Waals surface area contributed by atoms with E-state index in [2.05, 4.69) is 0 Å². The molecule has 0 aliphatic carbocycles. The average molecular weight is 297 g/mol. The SMILES string of the molecule is CCC(=O)c1ccc(C(=O)N2CCCC2CN)cc1.Cl. The summed E-state index contributed by atoms with van der Waals surface area (Å²) in [5, 5.41) is 0. The summed E-state index contributed by atoms with van der Waals surface area (Å²) >= 11 is 0. The van der Waals surface area contributed by atoms with Crippen molar-refractivity contribution in [2.45, 2.75) is 32.2 Å². The lowest BCUT2D eigenvalue weighted by Crippen LogP contribution is -2.39. The summed E-state index contributed by atoms with van der Waals surface area (Å²) in [4.78, 5) is 25.7. The summed E-state index contributed by atoms with van der Waals surface area (Å²) < 4.78 is 0. The van der Waals surface area contributed by atoms with Crippen LogP contribution >= 0.6 is 12.4 Å². The van der Waals surface area contributed by atoms with E-state index in [9.17, 15) is 9.59 Å². The second-order valence-electron chi connectivity index (χ2n) is 4.88. The van der Waals surface area contributed by atoms with Gasteiger partial charge in [-0.05, 0) is 25.0 Å². The quantitative estimate of drug-likeness (QED) is 0.867. The highest BCUT2D eigenvalue weighted by atomic mass is 35.5. The smallest absolute Gasteiger partial charge is 0.254 e. The van der Waals surface area contributed by atoms with E-state index in [1.807, 2.05) is 11.8 Å². The predicted octanol–water partition coefficient (Wildman–Crippen LogP) is 2.26. The Morgan fingerprint density at radius 1 is 1.25 bits per heavy atom. The van der Waals surface area contributed by atoms with Crippen molar-refractivity contribution >= 4 is 24.1 Å². The maximum absolute atomic E-state index is 12.4. The first-order chi connectivity index (χ1) is 9.17. The maximum atomic E-state index is 12.4. The molecule has 4 nitrogen and oxygen atoms in total. The summed E-state index contributed by atoms with van der Waals surface area (Å²) in [5.74, 6) is 0.114. The van der Waals surface area contributed by atoms with Crippen LogP contribution in [0.4, 0.5) is 0 Å². The van der Waals surface area contributed by atoms with Gasteiger partial charge in [-0.3, -0.25) is 9.59 Å². The van der Waals surface area contributed by atoms with Gasteiger partial charge in [0.1, 0.15) is 0 Å². The van der Waals surface area contributed by atoms with E-state index in [1.54, 1.807) is 24.3 Å². The third-order valence-electron chi connectivity index (χ3n) is 3.69. The number of rotatable bonds is 4. The van der Waals surface area contributed by atoms with Crippen molar-refractivity contribution in [3.63, 3.8) is 0 Å². The maximum Gasteiger partial charge on any atom is 0.254 e. The van der Waals surface area contributed by atoms with Gasteiger partial charge in [0.15, 0.2) is 5.78 Å². The van der Waals surface area contributed by atoms with Crippen LogP contribution < -0.4 is 5.73 Å². The van der Waals surface area contributed by atoms with Gasteiger partial charge < -0.3 is 10.6 Å². The molecule has 1 amide bonds. The van der Waals surface area contributed by atoms with E-state index in [-0.39, 0.29) is 30.1 Å². The average Bonchev–Trinajstić information content (AvgIpc) is 2.94. The Morgan fingerprint density at radius 2 is 1.85 bits per heavy atom. The molecule has 2 N–H and O–H groups in total. The Morgan fingerprint density at radius 3 is 2.40 bits per heavy atom. The van der Waals surface area contributed by atoms with Crippen LogP contribution in [0.5, 0.6) is 0 Å². The number of amides is 1. The van der Waals surface area contributed by atoms with Crippen molar-refractivity contribution < 1.29 is 9.59 Å². The summed E-state index contributed by atoms with van der Waals surface area (Å²) in [7, 11) is 0. The van der Waals surface area contributed by atoms with Crippen molar-refractivity contribution in [3.05, 3.63) is 35.4 Å². The largest absolute Gasteiger partial charge is 0.334 e. The number of carbonyl (C=O) groups excluding carboxylic acids is 2. The minimum absolute atomic E-state index is 0. The topological polar surface area (TPSA) is 63.4 Å². The second kappa shape index (κ2) is 7.41. The fourth-order valence-electron chi connectivity index (χ4n) is 2.52. The molecule has 20 heavy (non-hydrogen) atoms. The third-order valence-corrected chi connectivity index (χ3v) is 3.69. The highest BCUT2D eigenvalue weighted by Gasteiger charge is 2.28. The summed E-state index contributed by atoms with van der Waals surface area (Å²) in [5.41, 5.74) is 6.98. The minimum atomic E-state index is 0. The number of halogens is 1. The lowest BCUT2D eigenvalue weighted by atomic mass is 10.1. The molecule has 1 aliphatic heterocycles. The number of benzene rings is 1. The fourth-order valence-corrected chi connectivity index (χ4v) is 2.52. The molecule has 1 atom stereocenters. The third kappa shape index (κ3) is 3.38. The number of hydrogen-bond donors (Lipinski definition) is 1. The van der Waals surface area contributed by atoms with Crippen LogP contribution in [0.15, 0.2) is 24.3 Å². The molecule has 0 spiro atoms. The molecule has 1 fully saturated rings. The summed E-state index contributed by atoms with van der Waals surface area (Å²) in [6, 6.07) is 7.08. The van der Waals surface area contributed by atoms with E-state index >= 15 is 0 Å². The van der Waals surface area contributed by atoms with Crippen LogP contribution in [0.25, 0.3) is 0 Å². The molecular formula is C15H21ClN2O2. The molecule has 1 aromatic carbocycles. The zero-order valence-electron chi connectivity index (χ0n) is 11.7. The molecule has 0 aromatic heterocycles. The number of nitrogens with zero attached hydrogens (tertiary/aromatic N) is 1. The molecule has 0 radical (unpaired) electrons. The van der Waals surface area contributed by atoms with Crippen LogP contribution in [0.2, 0.25) is 0 Å². The van der Waals surface area contributed by atoms with Gasteiger partial charge in [0.25, 0.3) is 5.91 Å². The minimum Gasteiger partial charge on any atom is -0.334 e. The van der Waals surface area contributed by atoms with Crippen molar-refractivity contribution in [1.82, 2.24) is 4.90 Å². The van der Waals surface area contributed by atoms with Gasteiger partial charge in [-0.15, -0.1) is 12.4 Å². The fraction of sp³-hybridized carbons (Fsp3) is 0.467. The summed E-state index contributed by atoms with van der Waals surface area (Å²) in [6.07, 6.45) is 2.48. The van der Waals surface area contributed by atoms with E-state index in [4.69, 9.17) is 5.73 Å². The molecule has 1 unspecified atom stereocenters. The first-order valence-corrected chi connectivity index (χ1v) is 6.81. The number of nitrogens with two attached hydrogens (primary N) is 1. The van der Waals surface area contributed by atoms with Gasteiger partial charge in [-0.25, -0.2) is 0 Å². The molecule has 1 heterocycles. The Bertz CT molecular complexity index is 473. The monoisotopic (exact) mass is 296 g/mol. The number of likely N-dealkylation sites (tertiary alicyclic amines) is 1. The molecule has 1 saturated heterocycles. The van der Waals surface area contributed by atoms with Crippen molar-refractivity contribution in [1.29, 1.82) is 0 Å². The zero-order valence-corrected chi connectivity index (χ0v) is 12.5. The van der Waals surface area contributed by atoms with Gasteiger partial charge in [0.2, 0.25) is 0 Å². The van der Waals surface area contributed by atoms with Crippen molar-refractivity contribution in [2.75, 3.05) is 13.1 Å². The Hall–Kier alpha value is -1.39. The van der Waals surface area contributed by atoms with E-state index < -0.39 is 0 Å². The van der Waals surface area contributed by atoms with Crippen LogP contribution in [0, 0.1) is 0 Å². The van der Waals surface area contributed by atoms with Gasteiger partial charge >= 0.3 is 0 Å². The van der Waals surface area contributed by atoms with Gasteiger partial charge in [0.05, 0.1) is 0 Å². The first kappa shape index (κ1) is 16.7. The predicted molar refractivity (Wildman–Crippen MR) is 81.4 cm³/mol. The molecule has 1 aromatic rings. The first-order valence-electron chi connectivity index (χ1n) is 6.81. The molecule has 5 heteroatoms. The van der Waals surface area contributed by atoms with Gasteiger partial charge in [0, 0.05) is 36.7 Å². The molecule has 110 valence electrons. The molecule has 0 saturated carbocycles. The lowest BCUT2D eigenvalue weighted by Gasteiger charge is -2.23. The lowest BCUT2D eigenvalue weighted by molar-refractivity contribution is 0.0740. The zero-order chi connectivity index (χ0) is 13.8. The number of hydrogen-bond acceptors (Lipinski definition) is 3. The van der Waals surface area contributed by atoms with Crippen molar-refractivity contribution in [2.24, 2.45) is 5.73 Å². The van der Waals surface area contributed by atoms with Gasteiger partial charge in [-0.2, -0.15) is 0 Å². The Kier molecular flexibility index (Phi) is 6.17. The number of Topliss-reactive ketones (excluding diaryl/α,β-unsaturated/α-hetero) is 1. The Labute approximate surface area is 125 Å². The Balaban J connectivity index is 0.00000200. The van der Waals surface area contributed by atoms with E-state index in [0.29, 0.717) is 24.1 Å². The van der Waals surface area contributed by atoms with Crippen molar-refractivity contribution in [3.8, 4) is 0 Å². The van der Waals surface area contributed by atoms with Gasteiger partial charge in [-0.1, -0.05) is 19.1 Å². The highest BCUT2D eigenvalue weighted by Crippen LogP contribution is 2.19. The summed E-state index contributed by atoms with van der Waals surface area (Å²) in [6.45, 7) is 3.12. The number of carbonyl (C=O) groups is 2.